The zero-order valence-electron chi connectivity index (χ0n) is 16.2. The summed E-state index contributed by atoms with van der Waals surface area (Å²) in [5.41, 5.74) is 6.20. The van der Waals surface area contributed by atoms with E-state index in [0.717, 1.165) is 40.9 Å². The van der Waals surface area contributed by atoms with Gasteiger partial charge in [0.1, 0.15) is 0 Å². The van der Waals surface area contributed by atoms with Gasteiger partial charge in [0.25, 0.3) is 0 Å². The largest absolute Gasteiger partial charge is 0.273 e. The Hall–Kier alpha value is -2.86. The van der Waals surface area contributed by atoms with Crippen molar-refractivity contribution in [1.82, 2.24) is 5.28 Å². The maximum atomic E-state index is 12.9. The van der Waals surface area contributed by atoms with Crippen LogP contribution in [-0.4, -0.2) is 17.0 Å². The molecule has 0 unspecified atom stereocenters. The number of para-hydroxylation sites is 2. The second-order valence-corrected chi connectivity index (χ2v) is 7.13. The molecule has 0 aliphatic carbocycles. The molecule has 0 saturated heterocycles. The number of unbranched alkanes of at least 4 members (excludes halogenated alkanes) is 1. The van der Waals surface area contributed by atoms with Gasteiger partial charge in [0.2, 0.25) is 11.7 Å². The molecule has 0 bridgehead atoms. The molecule has 0 radical (unpaired) electrons. The maximum absolute atomic E-state index is 12.9. The number of hydrogen-bond donors (Lipinski definition) is 0. The number of amidine groups is 1. The van der Waals surface area contributed by atoms with Crippen LogP contribution >= 0.6 is 0 Å². The molecule has 2 aromatic rings. The van der Waals surface area contributed by atoms with Crippen LogP contribution in [0.4, 0.5) is 11.4 Å². The second-order valence-electron chi connectivity index (χ2n) is 7.13. The van der Waals surface area contributed by atoms with Crippen LogP contribution in [0, 0.1) is 20.8 Å². The second kappa shape index (κ2) is 6.70. The summed E-state index contributed by atoms with van der Waals surface area (Å²) in [4.78, 5) is 18.5. The maximum Gasteiger partial charge on any atom is 0.245 e. The smallest absolute Gasteiger partial charge is 0.245 e. The van der Waals surface area contributed by atoms with E-state index >= 15 is 0 Å². The standard InChI is InChI=1S/C21H24N4O2/c1-5-6-11-19(26)23-17-9-7-8-10-18(17)24-21(22-27-25(23)24)20-15(3)12-14(2)13-16(20)4/h7-10,12-13H,5-6,11H2,1-4H3. The highest BCUT2D eigenvalue weighted by atomic mass is 16.9. The van der Waals surface area contributed by atoms with Gasteiger partial charge in [-0.3, -0.25) is 9.73 Å². The number of hydrogen-bond acceptors (Lipinski definition) is 5. The van der Waals surface area contributed by atoms with Crippen LogP contribution in [0.3, 0.4) is 0 Å². The SMILES string of the molecule is CCCCC(=O)N1c2ccccc2N2C(c3c(C)cc(C)cc3C)=NON12. The van der Waals surface area contributed by atoms with E-state index in [2.05, 4.69) is 45.0 Å². The average Bonchev–Trinajstić information content (AvgIpc) is 3.17. The fourth-order valence-corrected chi connectivity index (χ4v) is 3.83. The summed E-state index contributed by atoms with van der Waals surface area (Å²) in [6, 6.07) is 12.1. The quantitative estimate of drug-likeness (QED) is 0.807. The number of hydrazine groups is 2. The van der Waals surface area contributed by atoms with Crippen molar-refractivity contribution in [2.75, 3.05) is 10.0 Å². The Labute approximate surface area is 159 Å². The zero-order chi connectivity index (χ0) is 19.1. The van der Waals surface area contributed by atoms with Crippen LogP contribution in [0.25, 0.3) is 0 Å². The number of benzene rings is 2. The monoisotopic (exact) mass is 364 g/mol. The number of carbonyl (C=O) groups is 1. The van der Waals surface area contributed by atoms with Crippen molar-refractivity contribution < 1.29 is 9.73 Å². The minimum absolute atomic E-state index is 0.000556. The third kappa shape index (κ3) is 2.77. The first kappa shape index (κ1) is 17.5. The third-order valence-corrected chi connectivity index (χ3v) is 4.96. The Kier molecular flexibility index (Phi) is 4.36. The number of oxime groups is 1. The molecule has 1 amide bonds. The van der Waals surface area contributed by atoms with Crippen molar-refractivity contribution in [3.63, 3.8) is 0 Å². The molecule has 2 aliphatic rings. The lowest BCUT2D eigenvalue weighted by molar-refractivity contribution is -0.158. The predicted molar refractivity (Wildman–Crippen MR) is 106 cm³/mol. The Bertz CT molecular complexity index is 915. The van der Waals surface area contributed by atoms with Crippen molar-refractivity contribution in [2.24, 2.45) is 5.16 Å². The van der Waals surface area contributed by atoms with E-state index in [4.69, 9.17) is 4.94 Å². The fourth-order valence-electron chi connectivity index (χ4n) is 3.83. The van der Waals surface area contributed by atoms with Gasteiger partial charge in [-0.05, 0) is 55.6 Å². The van der Waals surface area contributed by atoms with E-state index in [0.29, 0.717) is 12.3 Å². The van der Waals surface area contributed by atoms with Gasteiger partial charge in [-0.1, -0.05) is 43.2 Å². The van der Waals surface area contributed by atoms with Gasteiger partial charge in [0, 0.05) is 12.0 Å². The first-order valence-electron chi connectivity index (χ1n) is 9.38. The molecule has 0 spiro atoms. The molecule has 0 aromatic heterocycles. The zero-order valence-corrected chi connectivity index (χ0v) is 16.2. The van der Waals surface area contributed by atoms with Crippen molar-refractivity contribution in [2.45, 2.75) is 47.0 Å². The number of amides is 1. The van der Waals surface area contributed by atoms with E-state index in [1.165, 1.54) is 10.8 Å². The highest BCUT2D eigenvalue weighted by Gasteiger charge is 2.46. The summed E-state index contributed by atoms with van der Waals surface area (Å²) in [6.07, 6.45) is 2.28. The Morgan fingerprint density at radius 2 is 1.74 bits per heavy atom. The van der Waals surface area contributed by atoms with Crippen LogP contribution in [-0.2, 0) is 9.73 Å². The molecular weight excluding hydrogens is 340 g/mol. The molecule has 0 saturated carbocycles. The van der Waals surface area contributed by atoms with Gasteiger partial charge < -0.3 is 0 Å². The molecule has 2 aromatic carbocycles. The summed E-state index contributed by atoms with van der Waals surface area (Å²) in [5, 5.41) is 9.26. The third-order valence-electron chi connectivity index (χ3n) is 4.96. The van der Waals surface area contributed by atoms with Crippen LogP contribution < -0.4 is 10.0 Å². The normalized spacial score (nSPS) is 15.5. The van der Waals surface area contributed by atoms with E-state index in [1.807, 2.05) is 29.3 Å². The minimum Gasteiger partial charge on any atom is -0.273 e. The lowest BCUT2D eigenvalue weighted by Gasteiger charge is -2.25. The van der Waals surface area contributed by atoms with Gasteiger partial charge in [-0.25, -0.2) is 0 Å². The van der Waals surface area contributed by atoms with Crippen LogP contribution in [0.5, 0.6) is 0 Å². The molecule has 6 nitrogen and oxygen atoms in total. The number of aryl methyl sites for hydroxylation is 3. The summed E-state index contributed by atoms with van der Waals surface area (Å²) >= 11 is 0. The molecule has 4 rings (SSSR count). The number of rotatable bonds is 4. The van der Waals surface area contributed by atoms with E-state index in [1.54, 1.807) is 5.01 Å². The minimum atomic E-state index is 0.000556. The molecular formula is C21H24N4O2. The first-order valence-corrected chi connectivity index (χ1v) is 9.38. The Morgan fingerprint density at radius 1 is 1.07 bits per heavy atom. The highest BCUT2D eigenvalue weighted by molar-refractivity contribution is 6.15. The summed E-state index contributed by atoms with van der Waals surface area (Å²) in [6.45, 7) is 8.32. The molecule has 2 aliphatic heterocycles. The number of nitrogens with zero attached hydrogens (tertiary/aromatic N) is 4. The van der Waals surface area contributed by atoms with Crippen LogP contribution in [0.2, 0.25) is 0 Å². The molecule has 27 heavy (non-hydrogen) atoms. The molecule has 0 N–H and O–H groups in total. The summed E-state index contributed by atoms with van der Waals surface area (Å²) in [5.74, 6) is 0.698. The van der Waals surface area contributed by atoms with E-state index < -0.39 is 0 Å². The van der Waals surface area contributed by atoms with Crippen molar-refractivity contribution in [1.29, 1.82) is 0 Å². The van der Waals surface area contributed by atoms with Gasteiger partial charge in [-0.2, -0.15) is 10.0 Å². The lowest BCUT2D eigenvalue weighted by atomic mass is 9.98. The van der Waals surface area contributed by atoms with Gasteiger partial charge in [0.05, 0.1) is 16.7 Å². The van der Waals surface area contributed by atoms with Crippen molar-refractivity contribution >= 4 is 23.1 Å². The Morgan fingerprint density at radius 3 is 2.41 bits per heavy atom. The number of anilines is 2. The number of carbonyl (C=O) groups excluding carboxylic acids is 1. The molecule has 0 atom stereocenters. The van der Waals surface area contributed by atoms with Gasteiger partial charge in [-0.15, -0.1) is 0 Å². The first-order chi connectivity index (χ1) is 13.0. The van der Waals surface area contributed by atoms with Gasteiger partial charge >= 0.3 is 0 Å². The van der Waals surface area contributed by atoms with Gasteiger partial charge in [0.15, 0.2) is 0 Å². The van der Waals surface area contributed by atoms with Crippen LogP contribution in [0.15, 0.2) is 41.6 Å². The molecule has 0 fully saturated rings. The number of fused-ring (bicyclic) bond motifs is 3. The molecule has 6 heteroatoms. The van der Waals surface area contributed by atoms with E-state index in [-0.39, 0.29) is 5.91 Å². The fraction of sp³-hybridized carbons (Fsp3) is 0.333. The van der Waals surface area contributed by atoms with Crippen molar-refractivity contribution in [3.05, 3.63) is 58.7 Å². The predicted octanol–water partition coefficient (Wildman–Crippen LogP) is 4.39. The topological polar surface area (TPSA) is 48.4 Å². The highest BCUT2D eigenvalue weighted by Crippen LogP contribution is 2.43. The van der Waals surface area contributed by atoms with E-state index in [9.17, 15) is 4.79 Å². The lowest BCUT2D eigenvalue weighted by Crippen LogP contribution is -2.49. The average molecular weight is 364 g/mol. The molecule has 140 valence electrons. The van der Waals surface area contributed by atoms with Crippen molar-refractivity contribution in [3.8, 4) is 0 Å². The Balaban J connectivity index is 1.77. The van der Waals surface area contributed by atoms with Crippen LogP contribution in [0.1, 0.15) is 48.4 Å². The summed E-state index contributed by atoms with van der Waals surface area (Å²) < 4.78 is 0. The summed E-state index contributed by atoms with van der Waals surface area (Å²) in [7, 11) is 0. The molecule has 2 heterocycles.